The highest BCUT2D eigenvalue weighted by atomic mass is 32.2. The Morgan fingerprint density at radius 2 is 1.89 bits per heavy atom. The maximum atomic E-state index is 12.7. The number of carbonyl (C=O) groups excluding carboxylic acids is 1. The summed E-state index contributed by atoms with van der Waals surface area (Å²) in [5.74, 6) is 4.28. The van der Waals surface area contributed by atoms with Crippen molar-refractivity contribution in [2.45, 2.75) is 43.3 Å². The van der Waals surface area contributed by atoms with Crippen LogP contribution in [-0.4, -0.2) is 45.0 Å². The van der Waals surface area contributed by atoms with Crippen LogP contribution in [0.4, 0.5) is 0 Å². The van der Waals surface area contributed by atoms with Crippen molar-refractivity contribution in [3.8, 4) is 11.4 Å². The van der Waals surface area contributed by atoms with Gasteiger partial charge in [0.05, 0.1) is 12.9 Å². The third kappa shape index (κ3) is 3.27. The predicted octanol–water partition coefficient (Wildman–Crippen LogP) is 2.70. The van der Waals surface area contributed by atoms with Crippen LogP contribution < -0.4 is 10.1 Å². The van der Waals surface area contributed by atoms with Crippen molar-refractivity contribution in [2.75, 3.05) is 12.9 Å². The van der Waals surface area contributed by atoms with E-state index >= 15 is 0 Å². The summed E-state index contributed by atoms with van der Waals surface area (Å²) in [5, 5.41) is 15.9. The van der Waals surface area contributed by atoms with Crippen LogP contribution in [0.5, 0.6) is 5.75 Å². The number of nitrogens with one attached hydrogen (secondary N) is 1. The van der Waals surface area contributed by atoms with Gasteiger partial charge < -0.3 is 10.1 Å². The Morgan fingerprint density at radius 3 is 2.61 bits per heavy atom. The highest BCUT2D eigenvalue weighted by molar-refractivity contribution is 7.99. The lowest BCUT2D eigenvalue weighted by Crippen LogP contribution is -2.56. The van der Waals surface area contributed by atoms with Crippen LogP contribution in [0.3, 0.4) is 0 Å². The highest BCUT2D eigenvalue weighted by Crippen LogP contribution is 2.53. The van der Waals surface area contributed by atoms with Crippen molar-refractivity contribution in [3.63, 3.8) is 0 Å². The summed E-state index contributed by atoms with van der Waals surface area (Å²) < 4.78 is 7.02. The first kappa shape index (κ1) is 18.0. The maximum absolute atomic E-state index is 12.7. The van der Waals surface area contributed by atoms with Crippen LogP contribution >= 0.6 is 11.8 Å². The molecular weight excluding hydrogens is 374 g/mol. The lowest BCUT2D eigenvalue weighted by atomic mass is 9.54. The van der Waals surface area contributed by atoms with E-state index in [0.717, 1.165) is 17.5 Å². The molecule has 1 aromatic carbocycles. The average Bonchev–Trinajstić information content (AvgIpc) is 3.17. The molecule has 4 aliphatic carbocycles. The molecule has 8 heteroatoms. The first-order valence-electron chi connectivity index (χ1n) is 10.0. The van der Waals surface area contributed by atoms with Crippen molar-refractivity contribution in [3.05, 3.63) is 24.3 Å². The number of hydrogen-bond donors (Lipinski definition) is 1. The number of tetrazole rings is 1. The largest absolute Gasteiger partial charge is 0.494 e. The Labute approximate surface area is 168 Å². The first-order chi connectivity index (χ1) is 13.7. The second-order valence-electron chi connectivity index (χ2n) is 8.36. The fourth-order valence-corrected chi connectivity index (χ4v) is 6.44. The van der Waals surface area contributed by atoms with Gasteiger partial charge in [0, 0.05) is 6.04 Å². The van der Waals surface area contributed by atoms with Crippen molar-refractivity contribution in [1.29, 1.82) is 0 Å². The number of benzene rings is 1. The fraction of sp³-hybridized carbons (Fsp3) is 0.600. The molecule has 148 valence electrons. The Hall–Kier alpha value is -2.09. The van der Waals surface area contributed by atoms with Crippen LogP contribution in [0.1, 0.15) is 32.1 Å². The van der Waals surface area contributed by atoms with Gasteiger partial charge >= 0.3 is 0 Å². The van der Waals surface area contributed by atoms with Gasteiger partial charge in [-0.3, -0.25) is 4.79 Å². The number of thioether (sulfide) groups is 1. The molecule has 0 unspecified atom stereocenters. The molecule has 0 atom stereocenters. The van der Waals surface area contributed by atoms with Crippen LogP contribution in [0.2, 0.25) is 0 Å². The number of ether oxygens (including phenoxy) is 1. The van der Waals surface area contributed by atoms with E-state index in [9.17, 15) is 4.79 Å². The summed E-state index contributed by atoms with van der Waals surface area (Å²) in [6.07, 6.45) is 6.64. The van der Waals surface area contributed by atoms with Gasteiger partial charge in [0.15, 0.2) is 0 Å². The molecule has 0 spiro atoms. The number of hydrogen-bond acceptors (Lipinski definition) is 6. The number of amides is 1. The summed E-state index contributed by atoms with van der Waals surface area (Å²) in [6.45, 7) is 0. The van der Waals surface area contributed by atoms with Crippen LogP contribution in [-0.2, 0) is 4.79 Å². The van der Waals surface area contributed by atoms with E-state index in [-0.39, 0.29) is 5.91 Å². The van der Waals surface area contributed by atoms with E-state index in [1.165, 1.54) is 43.9 Å². The lowest BCUT2D eigenvalue weighted by molar-refractivity contribution is -0.122. The molecule has 4 aliphatic rings. The molecule has 0 saturated heterocycles. The van der Waals surface area contributed by atoms with Crippen molar-refractivity contribution in [2.24, 2.45) is 23.7 Å². The van der Waals surface area contributed by atoms with Gasteiger partial charge in [-0.1, -0.05) is 23.9 Å². The third-order valence-electron chi connectivity index (χ3n) is 6.64. The average molecular weight is 400 g/mol. The molecule has 4 bridgehead atoms. The molecule has 4 saturated carbocycles. The molecule has 1 N–H and O–H groups in total. The normalized spacial score (nSPS) is 30.4. The van der Waals surface area contributed by atoms with E-state index < -0.39 is 0 Å². The van der Waals surface area contributed by atoms with E-state index in [4.69, 9.17) is 4.74 Å². The van der Waals surface area contributed by atoms with Gasteiger partial charge in [-0.2, -0.15) is 4.68 Å². The quantitative estimate of drug-likeness (QED) is 0.752. The summed E-state index contributed by atoms with van der Waals surface area (Å²) in [7, 11) is 1.62. The number of methoxy groups -OCH3 is 1. The predicted molar refractivity (Wildman–Crippen MR) is 105 cm³/mol. The monoisotopic (exact) mass is 399 g/mol. The standard InChI is InChI=1S/C20H25N5O2S/c1-27-17-5-3-2-4-16(17)25-20(22-23-24-25)28-11-18(26)21-19-14-7-12-6-13(9-14)10-15(19)8-12/h2-5,12-15,19H,6-11H2,1H3,(H,21,26). The molecule has 28 heavy (non-hydrogen) atoms. The van der Waals surface area contributed by atoms with Crippen LogP contribution in [0.25, 0.3) is 5.69 Å². The van der Waals surface area contributed by atoms with Gasteiger partial charge in [-0.25, -0.2) is 0 Å². The molecule has 4 fully saturated rings. The second kappa shape index (κ2) is 7.39. The Morgan fingerprint density at radius 1 is 1.18 bits per heavy atom. The Kier molecular flexibility index (Phi) is 4.74. The molecule has 1 aromatic heterocycles. The van der Waals surface area contributed by atoms with Crippen molar-refractivity contribution >= 4 is 17.7 Å². The highest BCUT2D eigenvalue weighted by Gasteiger charge is 2.48. The zero-order valence-electron chi connectivity index (χ0n) is 16.0. The lowest BCUT2D eigenvalue weighted by Gasteiger charge is -2.54. The first-order valence-corrected chi connectivity index (χ1v) is 11.0. The van der Waals surface area contributed by atoms with E-state index in [1.54, 1.807) is 11.8 Å². The smallest absolute Gasteiger partial charge is 0.230 e. The number of carbonyl (C=O) groups is 1. The number of nitrogens with zero attached hydrogens (tertiary/aromatic N) is 4. The summed E-state index contributed by atoms with van der Waals surface area (Å²) >= 11 is 1.36. The van der Waals surface area contributed by atoms with Crippen LogP contribution in [0.15, 0.2) is 29.4 Å². The topological polar surface area (TPSA) is 81.9 Å². The van der Waals surface area contributed by atoms with E-state index in [1.807, 2.05) is 24.3 Å². The number of aromatic nitrogens is 4. The molecule has 1 amide bonds. The number of rotatable bonds is 6. The minimum absolute atomic E-state index is 0.0806. The van der Waals surface area contributed by atoms with Gasteiger partial charge in [-0.05, 0) is 78.3 Å². The molecule has 6 rings (SSSR count). The minimum Gasteiger partial charge on any atom is -0.494 e. The van der Waals surface area contributed by atoms with Crippen molar-refractivity contribution in [1.82, 2.24) is 25.5 Å². The molecule has 7 nitrogen and oxygen atoms in total. The molecule has 2 aromatic rings. The molecular formula is C20H25N5O2S. The zero-order chi connectivity index (χ0) is 19.1. The van der Waals surface area contributed by atoms with Crippen molar-refractivity contribution < 1.29 is 9.53 Å². The SMILES string of the molecule is COc1ccccc1-n1nnnc1SCC(=O)NC1C2CC3CC(C2)CC1C3. The van der Waals surface area contributed by atoms with Crippen LogP contribution in [0, 0.1) is 23.7 Å². The van der Waals surface area contributed by atoms with Gasteiger partial charge in [0.2, 0.25) is 11.1 Å². The Bertz CT molecular complexity index is 842. The maximum Gasteiger partial charge on any atom is 0.230 e. The minimum atomic E-state index is 0.0806. The summed E-state index contributed by atoms with van der Waals surface area (Å²) in [6, 6.07) is 7.94. The fourth-order valence-electron chi connectivity index (χ4n) is 5.74. The van der Waals surface area contributed by atoms with Gasteiger partial charge in [0.25, 0.3) is 0 Å². The molecule has 0 aliphatic heterocycles. The Balaban J connectivity index is 1.23. The van der Waals surface area contributed by atoms with E-state index in [2.05, 4.69) is 20.8 Å². The summed E-state index contributed by atoms with van der Waals surface area (Å²) in [5.41, 5.74) is 0.763. The number of para-hydroxylation sites is 2. The molecule has 0 radical (unpaired) electrons. The van der Waals surface area contributed by atoms with E-state index in [0.29, 0.717) is 34.5 Å². The van der Waals surface area contributed by atoms with Gasteiger partial charge in [-0.15, -0.1) is 5.10 Å². The zero-order valence-corrected chi connectivity index (χ0v) is 16.8. The second-order valence-corrected chi connectivity index (χ2v) is 9.30. The molecule has 1 heterocycles. The van der Waals surface area contributed by atoms with Gasteiger partial charge in [0.1, 0.15) is 11.4 Å². The summed E-state index contributed by atoms with van der Waals surface area (Å²) in [4.78, 5) is 12.7. The third-order valence-corrected chi connectivity index (χ3v) is 7.56.